The van der Waals surface area contributed by atoms with E-state index in [1.807, 2.05) is 6.20 Å². The number of piperidine rings is 1. The Morgan fingerprint density at radius 3 is 2.52 bits per heavy atom. The van der Waals surface area contributed by atoms with Gasteiger partial charge in [0.25, 0.3) is 0 Å². The molecule has 2 N–H and O–H groups in total. The van der Waals surface area contributed by atoms with E-state index in [1.54, 1.807) is 0 Å². The first-order valence-corrected chi connectivity index (χ1v) is 10.7. The monoisotopic (exact) mass is 367 g/mol. The highest BCUT2D eigenvalue weighted by Crippen LogP contribution is 2.37. The normalized spacial score (nSPS) is 21.4. The molecule has 2 fully saturated rings. The highest BCUT2D eigenvalue weighted by atomic mass is 16.3. The summed E-state index contributed by atoms with van der Waals surface area (Å²) in [4.78, 5) is 2.55. The minimum Gasteiger partial charge on any atom is -0.396 e. The van der Waals surface area contributed by atoms with Crippen LogP contribution in [0.3, 0.4) is 0 Å². The van der Waals surface area contributed by atoms with E-state index < -0.39 is 0 Å². The van der Waals surface area contributed by atoms with E-state index in [0.717, 1.165) is 38.9 Å². The summed E-state index contributed by atoms with van der Waals surface area (Å²) in [6.45, 7) is 3.40. The predicted octanol–water partition coefficient (Wildman–Crippen LogP) is 4.27. The molecule has 4 nitrogen and oxygen atoms in total. The number of aromatic nitrogens is 2. The van der Waals surface area contributed by atoms with E-state index in [1.165, 1.54) is 48.9 Å². The lowest BCUT2D eigenvalue weighted by Gasteiger charge is -2.41. The zero-order valence-corrected chi connectivity index (χ0v) is 16.4. The van der Waals surface area contributed by atoms with Crippen molar-refractivity contribution in [3.8, 4) is 0 Å². The van der Waals surface area contributed by atoms with Crippen LogP contribution in [0.5, 0.6) is 0 Å². The summed E-state index contributed by atoms with van der Waals surface area (Å²) >= 11 is 0. The van der Waals surface area contributed by atoms with Crippen LogP contribution in [-0.4, -0.2) is 39.9 Å². The van der Waals surface area contributed by atoms with Gasteiger partial charge in [-0.25, -0.2) is 0 Å². The summed E-state index contributed by atoms with van der Waals surface area (Å²) < 4.78 is 0. The Bertz CT molecular complexity index is 697. The third-order valence-electron chi connectivity index (χ3n) is 6.83. The number of nitrogens with zero attached hydrogens (tertiary/aromatic N) is 2. The molecule has 0 radical (unpaired) electrons. The molecular formula is C23H33N3O. The number of H-pyrrole nitrogens is 1. The van der Waals surface area contributed by atoms with Gasteiger partial charge in [-0.05, 0) is 56.2 Å². The van der Waals surface area contributed by atoms with Crippen molar-refractivity contribution >= 4 is 0 Å². The number of aliphatic hydroxyl groups excluding tert-OH is 1. The zero-order valence-electron chi connectivity index (χ0n) is 16.4. The van der Waals surface area contributed by atoms with Crippen LogP contribution in [0, 0.1) is 5.41 Å². The fourth-order valence-electron chi connectivity index (χ4n) is 5.04. The van der Waals surface area contributed by atoms with Gasteiger partial charge in [0.1, 0.15) is 0 Å². The minimum absolute atomic E-state index is 0.0421. The molecule has 1 aromatic heterocycles. The Balaban J connectivity index is 1.36. The van der Waals surface area contributed by atoms with Gasteiger partial charge < -0.3 is 5.11 Å². The lowest BCUT2D eigenvalue weighted by atomic mass is 9.74. The number of aromatic amines is 1. The lowest BCUT2D eigenvalue weighted by molar-refractivity contribution is 0.0412. The SMILES string of the molecule is OCC1(Cc2ccccc2)CCN(Cc2cn[nH]c2C2CCCCC2)CC1. The molecule has 4 rings (SSSR count). The summed E-state index contributed by atoms with van der Waals surface area (Å²) in [5, 5.41) is 17.8. The molecule has 4 heteroatoms. The van der Waals surface area contributed by atoms with Gasteiger partial charge in [-0.3, -0.25) is 10.00 Å². The number of aliphatic hydroxyl groups is 1. The molecule has 2 aromatic rings. The van der Waals surface area contributed by atoms with Crippen molar-refractivity contribution < 1.29 is 5.11 Å². The van der Waals surface area contributed by atoms with Crippen molar-refractivity contribution in [2.75, 3.05) is 19.7 Å². The van der Waals surface area contributed by atoms with Crippen molar-refractivity contribution in [2.45, 2.75) is 63.8 Å². The van der Waals surface area contributed by atoms with E-state index in [4.69, 9.17) is 0 Å². The maximum absolute atomic E-state index is 10.1. The van der Waals surface area contributed by atoms with Crippen molar-refractivity contribution in [1.82, 2.24) is 15.1 Å². The molecular weight excluding hydrogens is 334 g/mol. The largest absolute Gasteiger partial charge is 0.396 e. The summed E-state index contributed by atoms with van der Waals surface area (Å²) in [6, 6.07) is 10.6. The van der Waals surface area contributed by atoms with Gasteiger partial charge in [-0.15, -0.1) is 0 Å². The Morgan fingerprint density at radius 1 is 1.07 bits per heavy atom. The first-order chi connectivity index (χ1) is 13.3. The average molecular weight is 368 g/mol. The molecule has 1 aliphatic carbocycles. The third-order valence-corrected chi connectivity index (χ3v) is 6.83. The second kappa shape index (κ2) is 8.57. The summed E-state index contributed by atoms with van der Waals surface area (Å²) in [5.74, 6) is 0.677. The lowest BCUT2D eigenvalue weighted by Crippen LogP contribution is -2.43. The van der Waals surface area contributed by atoms with E-state index in [-0.39, 0.29) is 12.0 Å². The molecule has 0 amide bonds. The van der Waals surface area contributed by atoms with E-state index in [0.29, 0.717) is 5.92 Å². The maximum atomic E-state index is 10.1. The van der Waals surface area contributed by atoms with Gasteiger partial charge in [0.2, 0.25) is 0 Å². The summed E-state index contributed by atoms with van der Waals surface area (Å²) in [6.07, 6.45) is 11.9. The number of likely N-dealkylation sites (tertiary alicyclic amines) is 1. The van der Waals surface area contributed by atoms with Crippen molar-refractivity contribution in [2.24, 2.45) is 5.41 Å². The highest BCUT2D eigenvalue weighted by molar-refractivity contribution is 5.21. The number of rotatable bonds is 6. The Morgan fingerprint density at radius 2 is 1.81 bits per heavy atom. The van der Waals surface area contributed by atoms with Gasteiger partial charge in [-0.1, -0.05) is 49.6 Å². The first-order valence-electron chi connectivity index (χ1n) is 10.7. The summed E-state index contributed by atoms with van der Waals surface area (Å²) in [5.41, 5.74) is 4.16. The van der Waals surface area contributed by atoms with Crippen molar-refractivity contribution in [3.05, 3.63) is 53.3 Å². The Labute approximate surface area is 163 Å². The fourth-order valence-corrected chi connectivity index (χ4v) is 5.04. The minimum atomic E-state index is 0.0421. The zero-order chi connectivity index (χ0) is 18.5. The van der Waals surface area contributed by atoms with Crippen molar-refractivity contribution in [3.63, 3.8) is 0 Å². The number of nitrogens with one attached hydrogen (secondary N) is 1. The molecule has 0 bridgehead atoms. The standard InChI is InChI=1S/C23H33N3O/c27-18-23(15-19-7-3-1-4-8-19)11-13-26(14-12-23)17-21-16-24-25-22(21)20-9-5-2-6-10-20/h1,3-4,7-8,16,20,27H,2,5-6,9-15,17-18H2,(H,24,25). The maximum Gasteiger partial charge on any atom is 0.0535 e. The first kappa shape index (κ1) is 18.7. The topological polar surface area (TPSA) is 52.1 Å². The number of hydrogen-bond acceptors (Lipinski definition) is 3. The molecule has 1 aromatic carbocycles. The summed E-state index contributed by atoms with van der Waals surface area (Å²) in [7, 11) is 0. The van der Waals surface area contributed by atoms with E-state index in [9.17, 15) is 5.11 Å². The fraction of sp³-hybridized carbons (Fsp3) is 0.609. The van der Waals surface area contributed by atoms with E-state index in [2.05, 4.69) is 45.4 Å². The molecule has 2 aliphatic rings. The molecule has 0 unspecified atom stereocenters. The molecule has 146 valence electrons. The predicted molar refractivity (Wildman–Crippen MR) is 109 cm³/mol. The molecule has 0 spiro atoms. The average Bonchev–Trinajstić information content (AvgIpc) is 3.19. The molecule has 1 aliphatic heterocycles. The van der Waals surface area contributed by atoms with Gasteiger partial charge in [-0.2, -0.15) is 5.10 Å². The van der Waals surface area contributed by atoms with Gasteiger partial charge >= 0.3 is 0 Å². The second-order valence-corrected chi connectivity index (χ2v) is 8.74. The van der Waals surface area contributed by atoms with Crippen LogP contribution in [0.4, 0.5) is 0 Å². The smallest absolute Gasteiger partial charge is 0.0535 e. The Kier molecular flexibility index (Phi) is 5.94. The molecule has 1 saturated carbocycles. The van der Waals surface area contributed by atoms with Gasteiger partial charge in [0.15, 0.2) is 0 Å². The molecule has 1 saturated heterocycles. The quantitative estimate of drug-likeness (QED) is 0.801. The van der Waals surface area contributed by atoms with Crippen LogP contribution in [0.15, 0.2) is 36.5 Å². The molecule has 0 atom stereocenters. The molecule has 27 heavy (non-hydrogen) atoms. The van der Waals surface area contributed by atoms with Crippen LogP contribution in [0.1, 0.15) is 67.7 Å². The van der Waals surface area contributed by atoms with Crippen LogP contribution >= 0.6 is 0 Å². The van der Waals surface area contributed by atoms with Crippen LogP contribution < -0.4 is 0 Å². The number of benzene rings is 1. The number of hydrogen-bond donors (Lipinski definition) is 2. The highest BCUT2D eigenvalue weighted by Gasteiger charge is 2.34. The third kappa shape index (κ3) is 4.44. The van der Waals surface area contributed by atoms with Crippen LogP contribution in [0.25, 0.3) is 0 Å². The van der Waals surface area contributed by atoms with E-state index >= 15 is 0 Å². The Hall–Kier alpha value is -1.65. The van der Waals surface area contributed by atoms with Crippen LogP contribution in [0.2, 0.25) is 0 Å². The van der Waals surface area contributed by atoms with Crippen molar-refractivity contribution in [1.29, 1.82) is 0 Å². The second-order valence-electron chi connectivity index (χ2n) is 8.74. The molecule has 2 heterocycles. The van der Waals surface area contributed by atoms with Gasteiger partial charge in [0, 0.05) is 30.3 Å². The van der Waals surface area contributed by atoms with Gasteiger partial charge in [0.05, 0.1) is 6.20 Å². The van der Waals surface area contributed by atoms with Crippen LogP contribution in [-0.2, 0) is 13.0 Å².